The summed E-state index contributed by atoms with van der Waals surface area (Å²) in [5.74, 6) is 0.230. The molecule has 7 nitrogen and oxygen atoms in total. The van der Waals surface area contributed by atoms with Gasteiger partial charge < -0.3 is 9.15 Å². The van der Waals surface area contributed by atoms with Crippen LogP contribution in [0.5, 0.6) is 5.75 Å². The topological polar surface area (TPSA) is 90.5 Å². The molecule has 0 fully saturated rings. The van der Waals surface area contributed by atoms with Crippen LogP contribution < -0.4 is 15.2 Å². The quantitative estimate of drug-likeness (QED) is 0.638. The molecular weight excluding hydrogens is 356 g/mol. The number of nitrogens with zero attached hydrogens (tertiary/aromatic N) is 1. The first-order chi connectivity index (χ1) is 12.4. The highest BCUT2D eigenvalue weighted by molar-refractivity contribution is 7.89. The Hall–Kier alpha value is -2.58. The molecule has 0 unspecified atom stereocenters. The fraction of sp³-hybridized carbons (Fsp3) is 0.278. The minimum Gasteiger partial charge on any atom is -0.494 e. The molecule has 0 atom stereocenters. The van der Waals surface area contributed by atoms with Crippen molar-refractivity contribution < 1.29 is 17.6 Å². The zero-order valence-electron chi connectivity index (χ0n) is 14.6. The third-order valence-electron chi connectivity index (χ3n) is 3.95. The van der Waals surface area contributed by atoms with Crippen LogP contribution in [-0.4, -0.2) is 26.1 Å². The van der Waals surface area contributed by atoms with Crippen LogP contribution >= 0.6 is 0 Å². The summed E-state index contributed by atoms with van der Waals surface area (Å²) in [6.45, 7) is 2.62. The molecule has 0 aliphatic heterocycles. The molecule has 0 bridgehead atoms. The van der Waals surface area contributed by atoms with Gasteiger partial charge in [0.25, 0.3) is 0 Å². The fourth-order valence-corrected chi connectivity index (χ4v) is 3.63. The summed E-state index contributed by atoms with van der Waals surface area (Å²) in [5, 5.41) is 0. The van der Waals surface area contributed by atoms with Gasteiger partial charge in [0.2, 0.25) is 10.0 Å². The maximum atomic E-state index is 12.4. The Kier molecular flexibility index (Phi) is 5.15. The predicted molar refractivity (Wildman–Crippen MR) is 97.9 cm³/mol. The first-order valence-electron chi connectivity index (χ1n) is 8.15. The number of hydrogen-bond acceptors (Lipinski definition) is 5. The molecule has 0 aliphatic rings. The molecule has 0 spiro atoms. The highest BCUT2D eigenvalue weighted by Gasteiger charge is 2.16. The standard InChI is InChI=1S/C18H20N2O5S/c1-13-5-3-6-14(11-13)24-10-4-9-19-26(22,23)15-7-8-16-17(12-15)25-18(21)20(16)2/h3,5-8,11-12,19H,4,9-10H2,1-2H3. The molecule has 138 valence electrons. The summed E-state index contributed by atoms with van der Waals surface area (Å²) in [6, 6.07) is 12.0. The monoisotopic (exact) mass is 376 g/mol. The van der Waals surface area contributed by atoms with E-state index in [0.29, 0.717) is 18.5 Å². The molecule has 26 heavy (non-hydrogen) atoms. The van der Waals surface area contributed by atoms with Crippen molar-refractivity contribution in [3.8, 4) is 5.75 Å². The molecule has 0 aliphatic carbocycles. The van der Waals surface area contributed by atoms with Gasteiger partial charge in [-0.15, -0.1) is 0 Å². The van der Waals surface area contributed by atoms with Crippen molar-refractivity contribution in [2.75, 3.05) is 13.2 Å². The van der Waals surface area contributed by atoms with Crippen molar-refractivity contribution in [2.24, 2.45) is 7.05 Å². The highest BCUT2D eigenvalue weighted by atomic mass is 32.2. The number of aromatic nitrogens is 1. The number of aryl methyl sites for hydroxylation is 2. The Bertz CT molecular complexity index is 1080. The maximum absolute atomic E-state index is 12.4. The lowest BCUT2D eigenvalue weighted by Crippen LogP contribution is -2.25. The summed E-state index contributed by atoms with van der Waals surface area (Å²) < 4.78 is 39.2. The molecule has 1 N–H and O–H groups in total. The zero-order chi connectivity index (χ0) is 18.7. The first kappa shape index (κ1) is 18.2. The molecule has 8 heteroatoms. The van der Waals surface area contributed by atoms with Gasteiger partial charge in [-0.3, -0.25) is 4.57 Å². The van der Waals surface area contributed by atoms with Crippen molar-refractivity contribution in [2.45, 2.75) is 18.2 Å². The van der Waals surface area contributed by atoms with Gasteiger partial charge in [0.1, 0.15) is 5.75 Å². The normalized spacial score (nSPS) is 11.8. The number of hydrogen-bond donors (Lipinski definition) is 1. The van der Waals surface area contributed by atoms with E-state index in [4.69, 9.17) is 9.15 Å². The summed E-state index contributed by atoms with van der Waals surface area (Å²) in [5.41, 5.74) is 1.88. The van der Waals surface area contributed by atoms with Crippen molar-refractivity contribution in [3.63, 3.8) is 0 Å². The van der Waals surface area contributed by atoms with Crippen LogP contribution in [0.25, 0.3) is 11.1 Å². The van der Waals surface area contributed by atoms with Crippen LogP contribution in [-0.2, 0) is 17.1 Å². The lowest BCUT2D eigenvalue weighted by atomic mass is 10.2. The number of benzene rings is 2. The van der Waals surface area contributed by atoms with Crippen LogP contribution in [0.1, 0.15) is 12.0 Å². The molecule has 0 radical (unpaired) electrons. The van der Waals surface area contributed by atoms with E-state index in [1.165, 1.54) is 16.7 Å². The van der Waals surface area contributed by atoms with E-state index >= 15 is 0 Å². The molecular formula is C18H20N2O5S. The Balaban J connectivity index is 1.58. The third-order valence-corrected chi connectivity index (χ3v) is 5.40. The van der Waals surface area contributed by atoms with E-state index in [1.807, 2.05) is 31.2 Å². The van der Waals surface area contributed by atoms with Gasteiger partial charge in [-0.25, -0.2) is 17.9 Å². The Morgan fingerprint density at radius 1 is 1.19 bits per heavy atom. The Labute approximate surface area is 151 Å². The minimum absolute atomic E-state index is 0.0546. The molecule has 0 amide bonds. The lowest BCUT2D eigenvalue weighted by Gasteiger charge is -2.08. The van der Waals surface area contributed by atoms with E-state index in [2.05, 4.69) is 4.72 Å². The molecule has 1 heterocycles. The molecule has 3 aromatic rings. The summed E-state index contributed by atoms with van der Waals surface area (Å²) in [7, 11) is -2.12. The van der Waals surface area contributed by atoms with Gasteiger partial charge in [0.05, 0.1) is 17.0 Å². The molecule has 0 saturated carbocycles. The predicted octanol–water partition coefficient (Wildman–Crippen LogP) is 2.19. The Morgan fingerprint density at radius 2 is 2.00 bits per heavy atom. The zero-order valence-corrected chi connectivity index (χ0v) is 15.4. The number of ether oxygens (including phenoxy) is 1. The van der Waals surface area contributed by atoms with E-state index in [1.54, 1.807) is 13.1 Å². The van der Waals surface area contributed by atoms with Crippen molar-refractivity contribution >= 4 is 21.1 Å². The van der Waals surface area contributed by atoms with E-state index in [9.17, 15) is 13.2 Å². The SMILES string of the molecule is Cc1cccc(OCCCNS(=O)(=O)c2ccc3c(c2)oc(=O)n3C)c1. The van der Waals surface area contributed by atoms with Crippen LogP contribution in [0.3, 0.4) is 0 Å². The average molecular weight is 376 g/mol. The second-order valence-corrected chi connectivity index (χ2v) is 7.74. The van der Waals surface area contributed by atoms with Gasteiger partial charge in [0.15, 0.2) is 5.58 Å². The first-order valence-corrected chi connectivity index (χ1v) is 9.64. The molecule has 0 saturated heterocycles. The Morgan fingerprint density at radius 3 is 2.77 bits per heavy atom. The van der Waals surface area contributed by atoms with Gasteiger partial charge in [-0.1, -0.05) is 12.1 Å². The third kappa shape index (κ3) is 3.97. The van der Waals surface area contributed by atoms with E-state index in [0.717, 1.165) is 11.3 Å². The number of fused-ring (bicyclic) bond motifs is 1. The van der Waals surface area contributed by atoms with Crippen molar-refractivity contribution in [1.82, 2.24) is 9.29 Å². The number of rotatable bonds is 7. The van der Waals surface area contributed by atoms with Gasteiger partial charge in [0, 0.05) is 19.7 Å². The van der Waals surface area contributed by atoms with Gasteiger partial charge in [-0.2, -0.15) is 0 Å². The van der Waals surface area contributed by atoms with Crippen LogP contribution in [0, 0.1) is 6.92 Å². The minimum atomic E-state index is -3.68. The number of oxazole rings is 1. The van der Waals surface area contributed by atoms with Crippen LogP contribution in [0.2, 0.25) is 0 Å². The smallest absolute Gasteiger partial charge is 0.419 e. The van der Waals surface area contributed by atoms with E-state index in [-0.39, 0.29) is 17.0 Å². The summed E-state index contributed by atoms with van der Waals surface area (Å²) in [4.78, 5) is 11.6. The maximum Gasteiger partial charge on any atom is 0.419 e. The van der Waals surface area contributed by atoms with Gasteiger partial charge >= 0.3 is 5.76 Å². The van der Waals surface area contributed by atoms with Gasteiger partial charge in [-0.05, 0) is 43.2 Å². The van der Waals surface area contributed by atoms with Crippen LogP contribution in [0.4, 0.5) is 0 Å². The van der Waals surface area contributed by atoms with Crippen molar-refractivity contribution in [3.05, 3.63) is 58.6 Å². The fourth-order valence-electron chi connectivity index (χ4n) is 2.54. The average Bonchev–Trinajstić information content (AvgIpc) is 2.88. The van der Waals surface area contributed by atoms with E-state index < -0.39 is 15.8 Å². The lowest BCUT2D eigenvalue weighted by molar-refractivity contribution is 0.311. The summed E-state index contributed by atoms with van der Waals surface area (Å²) >= 11 is 0. The second kappa shape index (κ2) is 7.35. The number of nitrogens with one attached hydrogen (secondary N) is 1. The molecule has 3 rings (SSSR count). The number of sulfonamides is 1. The highest BCUT2D eigenvalue weighted by Crippen LogP contribution is 2.18. The largest absolute Gasteiger partial charge is 0.494 e. The second-order valence-electron chi connectivity index (χ2n) is 5.97. The molecule has 2 aromatic carbocycles. The molecule has 1 aromatic heterocycles. The summed E-state index contributed by atoms with van der Waals surface area (Å²) in [6.07, 6.45) is 0.524. The van der Waals surface area contributed by atoms with Crippen LogP contribution in [0.15, 0.2) is 56.6 Å². The van der Waals surface area contributed by atoms with Crippen molar-refractivity contribution in [1.29, 1.82) is 0 Å².